The van der Waals surface area contributed by atoms with E-state index in [1.54, 1.807) is 31.4 Å². The SMILES string of the molecule is COc1cccc(C(=O)NCC(C)(C)C(O)C(C)C)c1. The lowest BCUT2D eigenvalue weighted by molar-refractivity contribution is 0.0138. The molecule has 0 aliphatic carbocycles. The molecule has 0 aliphatic rings. The maximum absolute atomic E-state index is 12.1. The van der Waals surface area contributed by atoms with Crippen LogP contribution in [0.15, 0.2) is 24.3 Å². The van der Waals surface area contributed by atoms with Crippen molar-refractivity contribution in [3.05, 3.63) is 29.8 Å². The zero-order chi connectivity index (χ0) is 15.3. The number of aliphatic hydroxyl groups excluding tert-OH is 1. The van der Waals surface area contributed by atoms with Crippen LogP contribution >= 0.6 is 0 Å². The molecule has 1 atom stereocenters. The average molecular weight is 279 g/mol. The topological polar surface area (TPSA) is 58.6 Å². The smallest absolute Gasteiger partial charge is 0.251 e. The van der Waals surface area contributed by atoms with E-state index in [0.29, 0.717) is 17.9 Å². The summed E-state index contributed by atoms with van der Waals surface area (Å²) in [5.41, 5.74) is 0.182. The molecule has 0 aromatic heterocycles. The first-order valence-corrected chi connectivity index (χ1v) is 6.88. The number of nitrogens with one attached hydrogen (secondary N) is 1. The van der Waals surface area contributed by atoms with Gasteiger partial charge in [-0.05, 0) is 24.1 Å². The fourth-order valence-corrected chi connectivity index (χ4v) is 2.18. The second-order valence-corrected chi connectivity index (χ2v) is 6.09. The third kappa shape index (κ3) is 4.23. The number of hydrogen-bond acceptors (Lipinski definition) is 3. The lowest BCUT2D eigenvalue weighted by atomic mass is 9.80. The number of carbonyl (C=O) groups excluding carboxylic acids is 1. The molecule has 0 fully saturated rings. The van der Waals surface area contributed by atoms with Gasteiger partial charge in [0.05, 0.1) is 13.2 Å². The van der Waals surface area contributed by atoms with E-state index in [2.05, 4.69) is 5.32 Å². The van der Waals surface area contributed by atoms with Crippen LogP contribution in [0.4, 0.5) is 0 Å². The highest BCUT2D eigenvalue weighted by Crippen LogP contribution is 2.25. The lowest BCUT2D eigenvalue weighted by Crippen LogP contribution is -2.43. The molecule has 1 aromatic rings. The van der Waals surface area contributed by atoms with E-state index < -0.39 is 6.10 Å². The molecule has 1 amide bonds. The highest BCUT2D eigenvalue weighted by atomic mass is 16.5. The van der Waals surface area contributed by atoms with Crippen molar-refractivity contribution in [2.45, 2.75) is 33.8 Å². The van der Waals surface area contributed by atoms with Crippen molar-refractivity contribution in [3.8, 4) is 5.75 Å². The molecule has 0 aliphatic heterocycles. The summed E-state index contributed by atoms with van der Waals surface area (Å²) in [5, 5.41) is 13.0. The minimum absolute atomic E-state index is 0.152. The van der Waals surface area contributed by atoms with Gasteiger partial charge in [0.15, 0.2) is 0 Å². The van der Waals surface area contributed by atoms with Crippen molar-refractivity contribution in [2.75, 3.05) is 13.7 Å². The van der Waals surface area contributed by atoms with Crippen molar-refractivity contribution >= 4 is 5.91 Å². The van der Waals surface area contributed by atoms with Gasteiger partial charge in [-0.25, -0.2) is 0 Å². The van der Waals surface area contributed by atoms with E-state index >= 15 is 0 Å². The van der Waals surface area contributed by atoms with E-state index in [1.807, 2.05) is 27.7 Å². The quantitative estimate of drug-likeness (QED) is 0.841. The molecular formula is C16H25NO3. The third-order valence-corrected chi connectivity index (χ3v) is 3.47. The normalized spacial score (nSPS) is 13.2. The Hall–Kier alpha value is -1.55. The van der Waals surface area contributed by atoms with Crippen molar-refractivity contribution in [1.29, 1.82) is 0 Å². The standard InChI is InChI=1S/C16H25NO3/c1-11(2)14(18)16(3,4)10-17-15(19)12-7-6-8-13(9-12)20-5/h6-9,11,14,18H,10H2,1-5H3,(H,17,19). The second kappa shape index (κ2) is 6.75. The van der Waals surface area contributed by atoms with Gasteiger partial charge in [0.2, 0.25) is 0 Å². The van der Waals surface area contributed by atoms with E-state index in [0.717, 1.165) is 0 Å². The molecule has 0 bridgehead atoms. The van der Waals surface area contributed by atoms with Crippen molar-refractivity contribution in [2.24, 2.45) is 11.3 Å². The molecule has 1 unspecified atom stereocenters. The first-order chi connectivity index (χ1) is 9.27. The zero-order valence-electron chi connectivity index (χ0n) is 12.9. The summed E-state index contributed by atoms with van der Waals surface area (Å²) < 4.78 is 5.10. The largest absolute Gasteiger partial charge is 0.497 e. The van der Waals surface area contributed by atoms with E-state index in [9.17, 15) is 9.90 Å². The number of ether oxygens (including phenoxy) is 1. The molecule has 4 heteroatoms. The van der Waals surface area contributed by atoms with Crippen molar-refractivity contribution in [3.63, 3.8) is 0 Å². The van der Waals surface area contributed by atoms with Crippen molar-refractivity contribution < 1.29 is 14.6 Å². The van der Waals surface area contributed by atoms with Gasteiger partial charge in [-0.15, -0.1) is 0 Å². The zero-order valence-corrected chi connectivity index (χ0v) is 12.9. The Morgan fingerprint density at radius 3 is 2.60 bits per heavy atom. The van der Waals surface area contributed by atoms with Gasteiger partial charge in [0, 0.05) is 17.5 Å². The van der Waals surface area contributed by atoms with Crippen LogP contribution < -0.4 is 10.1 Å². The highest BCUT2D eigenvalue weighted by Gasteiger charge is 2.30. The van der Waals surface area contributed by atoms with Crippen LogP contribution in [0, 0.1) is 11.3 Å². The first-order valence-electron chi connectivity index (χ1n) is 6.88. The summed E-state index contributed by atoms with van der Waals surface area (Å²) in [6, 6.07) is 7.01. The summed E-state index contributed by atoms with van der Waals surface area (Å²) >= 11 is 0. The van der Waals surface area contributed by atoms with Gasteiger partial charge < -0.3 is 15.2 Å². The summed E-state index contributed by atoms with van der Waals surface area (Å²) in [5.74, 6) is 0.644. The highest BCUT2D eigenvalue weighted by molar-refractivity contribution is 5.94. The summed E-state index contributed by atoms with van der Waals surface area (Å²) in [4.78, 5) is 12.1. The predicted molar refractivity (Wildman–Crippen MR) is 80.0 cm³/mol. The van der Waals surface area contributed by atoms with Gasteiger partial charge >= 0.3 is 0 Å². The van der Waals surface area contributed by atoms with Gasteiger partial charge in [-0.3, -0.25) is 4.79 Å². The molecular weight excluding hydrogens is 254 g/mol. The van der Waals surface area contributed by atoms with Crippen LogP contribution in [-0.4, -0.2) is 30.8 Å². The van der Waals surface area contributed by atoms with E-state index in [1.165, 1.54) is 0 Å². The summed E-state index contributed by atoms with van der Waals surface area (Å²) in [6.07, 6.45) is -0.465. The van der Waals surface area contributed by atoms with Gasteiger partial charge in [0.25, 0.3) is 5.91 Å². The molecule has 20 heavy (non-hydrogen) atoms. The van der Waals surface area contributed by atoms with Crippen LogP contribution in [0.5, 0.6) is 5.75 Å². The number of aliphatic hydroxyl groups is 1. The Morgan fingerprint density at radius 1 is 1.40 bits per heavy atom. The Morgan fingerprint density at radius 2 is 2.05 bits per heavy atom. The molecule has 0 heterocycles. The van der Waals surface area contributed by atoms with E-state index in [4.69, 9.17) is 4.74 Å². The fraction of sp³-hybridized carbons (Fsp3) is 0.562. The molecule has 0 spiro atoms. The molecule has 0 saturated carbocycles. The van der Waals surface area contributed by atoms with Crippen LogP contribution in [0.3, 0.4) is 0 Å². The van der Waals surface area contributed by atoms with Gasteiger partial charge in [-0.2, -0.15) is 0 Å². The Labute approximate surface area is 121 Å². The number of benzene rings is 1. The summed E-state index contributed by atoms with van der Waals surface area (Å²) in [7, 11) is 1.57. The van der Waals surface area contributed by atoms with Crippen LogP contribution in [-0.2, 0) is 0 Å². The van der Waals surface area contributed by atoms with Crippen LogP contribution in [0.1, 0.15) is 38.1 Å². The monoisotopic (exact) mass is 279 g/mol. The predicted octanol–water partition coefficient (Wildman–Crippen LogP) is 2.47. The third-order valence-electron chi connectivity index (χ3n) is 3.47. The lowest BCUT2D eigenvalue weighted by Gasteiger charge is -2.33. The summed E-state index contributed by atoms with van der Waals surface area (Å²) in [6.45, 7) is 8.25. The Balaban J connectivity index is 2.67. The van der Waals surface area contributed by atoms with Crippen LogP contribution in [0.25, 0.3) is 0 Å². The maximum atomic E-state index is 12.1. The van der Waals surface area contributed by atoms with Gasteiger partial charge in [0.1, 0.15) is 5.75 Å². The second-order valence-electron chi connectivity index (χ2n) is 6.09. The fourth-order valence-electron chi connectivity index (χ4n) is 2.18. The first kappa shape index (κ1) is 16.5. The van der Waals surface area contributed by atoms with Gasteiger partial charge in [-0.1, -0.05) is 33.8 Å². The molecule has 1 rings (SSSR count). The molecule has 0 saturated heterocycles. The number of carbonyl (C=O) groups is 1. The average Bonchev–Trinajstić information content (AvgIpc) is 2.43. The van der Waals surface area contributed by atoms with E-state index in [-0.39, 0.29) is 17.2 Å². The van der Waals surface area contributed by atoms with Crippen molar-refractivity contribution in [1.82, 2.24) is 5.32 Å². The molecule has 1 aromatic carbocycles. The molecule has 0 radical (unpaired) electrons. The minimum atomic E-state index is -0.465. The number of amides is 1. The van der Waals surface area contributed by atoms with Crippen LogP contribution in [0.2, 0.25) is 0 Å². The maximum Gasteiger partial charge on any atom is 0.251 e. The number of methoxy groups -OCH3 is 1. The molecule has 2 N–H and O–H groups in total. The Kier molecular flexibility index (Phi) is 5.57. The minimum Gasteiger partial charge on any atom is -0.497 e. The molecule has 112 valence electrons. The molecule has 4 nitrogen and oxygen atoms in total. The number of rotatable bonds is 6. The Bertz CT molecular complexity index is 455. The number of hydrogen-bond donors (Lipinski definition) is 2.